The Morgan fingerprint density at radius 1 is 1.21 bits per heavy atom. The number of hydrogen-bond acceptors (Lipinski definition) is 6. The fraction of sp³-hybridized carbons (Fsp3) is 0.350. The van der Waals surface area contributed by atoms with E-state index in [9.17, 15) is 19.2 Å². The van der Waals surface area contributed by atoms with Gasteiger partial charge in [0.05, 0.1) is 28.8 Å². The molecule has 2 aliphatic rings. The first-order valence-electron chi connectivity index (χ1n) is 9.06. The summed E-state index contributed by atoms with van der Waals surface area (Å²) in [7, 11) is 0. The van der Waals surface area contributed by atoms with Gasteiger partial charge in [-0.15, -0.1) is 0 Å². The molecule has 1 aromatic rings. The van der Waals surface area contributed by atoms with Crippen LogP contribution in [-0.4, -0.2) is 41.7 Å². The van der Waals surface area contributed by atoms with Crippen LogP contribution < -0.4 is 5.32 Å². The molecule has 3 rings (SSSR count). The van der Waals surface area contributed by atoms with Gasteiger partial charge < -0.3 is 10.1 Å². The second-order valence-corrected chi connectivity index (χ2v) is 7.16. The van der Waals surface area contributed by atoms with E-state index in [0.717, 1.165) is 4.90 Å². The molecule has 0 radical (unpaired) electrons. The molecule has 1 aromatic carbocycles. The third-order valence-electron chi connectivity index (χ3n) is 4.88. The van der Waals surface area contributed by atoms with E-state index < -0.39 is 18.5 Å². The summed E-state index contributed by atoms with van der Waals surface area (Å²) >= 11 is 5.89. The molecule has 9 heteroatoms. The van der Waals surface area contributed by atoms with Crippen molar-refractivity contribution in [2.75, 3.05) is 18.5 Å². The third kappa shape index (κ3) is 4.63. The lowest BCUT2D eigenvalue weighted by Gasteiger charge is -2.14. The highest BCUT2D eigenvalue weighted by molar-refractivity contribution is 6.32. The molecule has 0 bridgehead atoms. The van der Waals surface area contributed by atoms with Crippen molar-refractivity contribution in [3.63, 3.8) is 0 Å². The quantitative estimate of drug-likeness (QED) is 0.431. The van der Waals surface area contributed by atoms with E-state index >= 15 is 0 Å². The van der Waals surface area contributed by atoms with Crippen molar-refractivity contribution >= 4 is 41.0 Å². The van der Waals surface area contributed by atoms with Crippen LogP contribution >= 0.6 is 11.6 Å². The third-order valence-corrected chi connectivity index (χ3v) is 5.19. The number of rotatable bonds is 6. The summed E-state index contributed by atoms with van der Waals surface area (Å²) in [6.07, 6.45) is 4.68. The highest BCUT2D eigenvalue weighted by Gasteiger charge is 2.46. The normalized spacial score (nSPS) is 20.2. The molecule has 8 nitrogen and oxygen atoms in total. The molecule has 0 unspecified atom stereocenters. The Morgan fingerprint density at radius 3 is 2.45 bits per heavy atom. The lowest BCUT2D eigenvalue weighted by atomic mass is 9.85. The van der Waals surface area contributed by atoms with Crippen molar-refractivity contribution in [2.45, 2.75) is 19.3 Å². The van der Waals surface area contributed by atoms with Gasteiger partial charge in [0.15, 0.2) is 6.61 Å². The number of halogens is 1. The van der Waals surface area contributed by atoms with E-state index in [1.807, 2.05) is 18.2 Å². The highest BCUT2D eigenvalue weighted by atomic mass is 35.5. The van der Waals surface area contributed by atoms with Crippen molar-refractivity contribution in [2.24, 2.45) is 11.8 Å². The van der Waals surface area contributed by atoms with Gasteiger partial charge in [0, 0.05) is 12.2 Å². The number of nitrogens with one attached hydrogen (secondary N) is 1. The molecule has 3 amide bonds. The molecule has 1 saturated heterocycles. The molecule has 1 fully saturated rings. The van der Waals surface area contributed by atoms with Gasteiger partial charge in [-0.05, 0) is 31.0 Å². The van der Waals surface area contributed by atoms with Gasteiger partial charge in [-0.2, -0.15) is 5.26 Å². The molecule has 1 heterocycles. The molecule has 0 saturated carbocycles. The van der Waals surface area contributed by atoms with Crippen LogP contribution in [-0.2, 0) is 23.9 Å². The van der Waals surface area contributed by atoms with Crippen LogP contribution in [0.1, 0.15) is 24.8 Å². The summed E-state index contributed by atoms with van der Waals surface area (Å²) in [6.45, 7) is -0.579. The Balaban J connectivity index is 1.44. The predicted molar refractivity (Wildman–Crippen MR) is 102 cm³/mol. The molecule has 1 aliphatic carbocycles. The topological polar surface area (TPSA) is 117 Å². The minimum atomic E-state index is -0.688. The molecule has 29 heavy (non-hydrogen) atoms. The number of allylic oxidation sites excluding steroid dienone is 2. The van der Waals surface area contributed by atoms with Crippen LogP contribution in [0.5, 0.6) is 0 Å². The zero-order valence-corrected chi connectivity index (χ0v) is 16.1. The number of hydrogen-bond donors (Lipinski definition) is 1. The number of anilines is 1. The van der Waals surface area contributed by atoms with Crippen LogP contribution in [0.3, 0.4) is 0 Å². The van der Waals surface area contributed by atoms with Crippen molar-refractivity contribution < 1.29 is 23.9 Å². The highest BCUT2D eigenvalue weighted by Crippen LogP contribution is 2.35. The van der Waals surface area contributed by atoms with E-state index in [2.05, 4.69) is 5.32 Å². The predicted octanol–water partition coefficient (Wildman–Crippen LogP) is 2.03. The number of likely N-dealkylation sites (tertiary alicyclic amines) is 1. The Hall–Kier alpha value is -3.18. The second-order valence-electron chi connectivity index (χ2n) is 6.75. The lowest BCUT2D eigenvalue weighted by Crippen LogP contribution is -2.33. The monoisotopic (exact) mass is 415 g/mol. The van der Waals surface area contributed by atoms with E-state index in [1.165, 1.54) is 18.2 Å². The van der Waals surface area contributed by atoms with Crippen molar-refractivity contribution in [1.29, 1.82) is 5.26 Å². The lowest BCUT2D eigenvalue weighted by molar-refractivity contribution is -0.148. The number of ether oxygens (including phenoxy) is 1. The maximum atomic E-state index is 12.3. The summed E-state index contributed by atoms with van der Waals surface area (Å²) < 4.78 is 4.90. The van der Waals surface area contributed by atoms with Crippen molar-refractivity contribution in [3.05, 3.63) is 40.9 Å². The smallest absolute Gasteiger partial charge is 0.308 e. The van der Waals surface area contributed by atoms with E-state index in [-0.39, 0.29) is 47.2 Å². The SMILES string of the molecule is N#Cc1ccc(NC(=O)COC(=O)CCN2C(=O)[C@@H]3CC=CC[C@H]3C2=O)cc1Cl. The maximum absolute atomic E-state index is 12.3. The zero-order valence-electron chi connectivity index (χ0n) is 15.4. The first-order chi connectivity index (χ1) is 13.9. The van der Waals surface area contributed by atoms with Crippen molar-refractivity contribution in [3.8, 4) is 6.07 Å². The van der Waals surface area contributed by atoms with Gasteiger partial charge in [-0.1, -0.05) is 23.8 Å². The Kier molecular flexibility index (Phi) is 6.29. The van der Waals surface area contributed by atoms with Gasteiger partial charge in [0.2, 0.25) is 11.8 Å². The Morgan fingerprint density at radius 2 is 1.86 bits per heavy atom. The summed E-state index contributed by atoms with van der Waals surface area (Å²) in [5, 5.41) is 11.5. The van der Waals surface area contributed by atoms with Crippen LogP contribution in [0.25, 0.3) is 0 Å². The number of nitrogens with zero attached hydrogens (tertiary/aromatic N) is 2. The fourth-order valence-electron chi connectivity index (χ4n) is 3.39. The standard InChI is InChI=1S/C20H18ClN3O5/c21-16-9-13(6-5-12(16)10-22)23-17(25)11-29-18(26)7-8-24-19(27)14-3-1-2-4-15(14)20(24)28/h1-2,5-6,9,14-15H,3-4,7-8,11H2,(H,23,25)/t14-,15-/m1/s1. The fourth-order valence-corrected chi connectivity index (χ4v) is 3.61. The van der Waals surface area contributed by atoms with Crippen LogP contribution in [0.15, 0.2) is 30.4 Å². The van der Waals surface area contributed by atoms with Gasteiger partial charge in [0.1, 0.15) is 6.07 Å². The summed E-state index contributed by atoms with van der Waals surface area (Å²) in [6, 6.07) is 6.28. The van der Waals surface area contributed by atoms with Crippen LogP contribution in [0, 0.1) is 23.2 Å². The second kappa shape index (κ2) is 8.88. The average Bonchev–Trinajstić information content (AvgIpc) is 2.95. The molecule has 150 valence electrons. The van der Waals surface area contributed by atoms with E-state index in [4.69, 9.17) is 21.6 Å². The number of amides is 3. The first-order valence-corrected chi connectivity index (χ1v) is 9.44. The number of imide groups is 1. The number of carbonyl (C=O) groups excluding carboxylic acids is 4. The zero-order chi connectivity index (χ0) is 21.0. The van der Waals surface area contributed by atoms with Crippen molar-refractivity contribution in [1.82, 2.24) is 4.90 Å². The molecule has 2 atom stereocenters. The Labute approximate surface area is 172 Å². The molecule has 1 aliphatic heterocycles. The summed E-state index contributed by atoms with van der Waals surface area (Å²) in [5.41, 5.74) is 0.636. The Bertz CT molecular complexity index is 911. The first kappa shape index (κ1) is 20.6. The van der Waals surface area contributed by atoms with Gasteiger partial charge in [-0.3, -0.25) is 24.1 Å². The number of fused-ring (bicyclic) bond motifs is 1. The van der Waals surface area contributed by atoms with E-state index in [1.54, 1.807) is 0 Å². The number of carbonyl (C=O) groups is 4. The van der Waals surface area contributed by atoms with E-state index in [0.29, 0.717) is 18.5 Å². The van der Waals surface area contributed by atoms with Gasteiger partial charge in [0.25, 0.3) is 5.91 Å². The molecule has 0 aromatic heterocycles. The minimum absolute atomic E-state index is 0.0592. The van der Waals surface area contributed by atoms with Crippen LogP contribution in [0.2, 0.25) is 5.02 Å². The molecule has 1 N–H and O–H groups in total. The summed E-state index contributed by atoms with van der Waals surface area (Å²) in [4.78, 5) is 49.6. The van der Waals surface area contributed by atoms with Crippen LogP contribution in [0.4, 0.5) is 5.69 Å². The van der Waals surface area contributed by atoms with Gasteiger partial charge >= 0.3 is 5.97 Å². The van der Waals surface area contributed by atoms with Gasteiger partial charge in [-0.25, -0.2) is 0 Å². The number of esters is 1. The number of benzene rings is 1. The summed E-state index contributed by atoms with van der Waals surface area (Å²) in [5.74, 6) is -2.46. The minimum Gasteiger partial charge on any atom is -0.456 e. The number of nitriles is 1. The average molecular weight is 416 g/mol. The largest absolute Gasteiger partial charge is 0.456 e. The molecular formula is C20H18ClN3O5. The molecular weight excluding hydrogens is 398 g/mol. The molecule has 0 spiro atoms. The maximum Gasteiger partial charge on any atom is 0.308 e.